The van der Waals surface area contributed by atoms with Gasteiger partial charge in [0, 0.05) is 11.6 Å². The molecule has 2 unspecified atom stereocenters. The number of nitro benzene ring substituents is 1. The molecule has 76 valence electrons. The molecule has 0 amide bonds. The Labute approximate surface area is 81.5 Å². The molecule has 0 saturated carbocycles. The van der Waals surface area contributed by atoms with Crippen molar-refractivity contribution in [2.75, 3.05) is 0 Å². The molecular formula is C8H8F2NO2P. The van der Waals surface area contributed by atoms with Gasteiger partial charge in [0.25, 0.3) is 5.69 Å². The third kappa shape index (κ3) is 2.45. The van der Waals surface area contributed by atoms with Crippen LogP contribution in [0.1, 0.15) is 12.5 Å². The summed E-state index contributed by atoms with van der Waals surface area (Å²) in [7, 11) is 1.85. The average molecular weight is 219 g/mol. The average Bonchev–Trinajstić information content (AvgIpc) is 2.01. The van der Waals surface area contributed by atoms with Gasteiger partial charge in [-0.15, -0.1) is 0 Å². The molecule has 0 N–H and O–H groups in total. The number of alkyl halides is 1. The lowest BCUT2D eigenvalue weighted by Crippen LogP contribution is -2.05. The second kappa shape index (κ2) is 3.58. The number of hydrogen-bond acceptors (Lipinski definition) is 2. The number of non-ortho nitro benzene ring substituents is 1. The topological polar surface area (TPSA) is 43.1 Å². The van der Waals surface area contributed by atoms with Crippen LogP contribution in [0.2, 0.25) is 0 Å². The minimum absolute atomic E-state index is 0.0748. The van der Waals surface area contributed by atoms with Crippen molar-refractivity contribution in [1.82, 2.24) is 0 Å². The highest BCUT2D eigenvalue weighted by molar-refractivity contribution is 7.18. The van der Waals surface area contributed by atoms with Gasteiger partial charge in [-0.2, -0.15) is 0 Å². The smallest absolute Gasteiger partial charge is 0.258 e. The third-order valence-corrected chi connectivity index (χ3v) is 1.99. The van der Waals surface area contributed by atoms with Crippen molar-refractivity contribution in [3.8, 4) is 0 Å². The maximum absolute atomic E-state index is 13.3. The van der Waals surface area contributed by atoms with Gasteiger partial charge in [0.1, 0.15) is 11.2 Å². The van der Waals surface area contributed by atoms with E-state index in [1.54, 1.807) is 0 Å². The van der Waals surface area contributed by atoms with Crippen LogP contribution in [0.25, 0.3) is 0 Å². The van der Waals surface area contributed by atoms with Crippen LogP contribution in [0, 0.1) is 15.9 Å². The fourth-order valence-electron chi connectivity index (χ4n) is 0.962. The number of nitrogens with zero attached hydrogens (tertiary/aromatic N) is 1. The van der Waals surface area contributed by atoms with Gasteiger partial charge in [-0.3, -0.25) is 10.1 Å². The first-order chi connectivity index (χ1) is 6.30. The summed E-state index contributed by atoms with van der Waals surface area (Å²) < 4.78 is 26.2. The van der Waals surface area contributed by atoms with Gasteiger partial charge in [0.15, 0.2) is 0 Å². The van der Waals surface area contributed by atoms with Crippen LogP contribution < -0.4 is 0 Å². The second-order valence-corrected chi connectivity index (χ2v) is 4.12. The monoisotopic (exact) mass is 219 g/mol. The molecule has 1 rings (SSSR count). The van der Waals surface area contributed by atoms with E-state index in [1.807, 2.05) is 9.24 Å². The van der Waals surface area contributed by atoms with Gasteiger partial charge in [0.05, 0.1) is 11.0 Å². The summed E-state index contributed by atoms with van der Waals surface area (Å²) in [6, 6.07) is 2.69. The van der Waals surface area contributed by atoms with Crippen LogP contribution in [0.4, 0.5) is 14.5 Å². The molecule has 0 aromatic heterocycles. The Bertz CT molecular complexity index is 376. The molecule has 0 aliphatic rings. The largest absolute Gasteiger partial charge is 0.272 e. The fourth-order valence-corrected chi connectivity index (χ4v) is 1.13. The van der Waals surface area contributed by atoms with Crippen molar-refractivity contribution in [3.63, 3.8) is 0 Å². The summed E-state index contributed by atoms with van der Waals surface area (Å²) in [6.07, 6.45) is 0. The SMILES string of the molecule is CC(F)(P)c1cc(F)cc([N+](=O)[O-])c1. The van der Waals surface area contributed by atoms with Gasteiger partial charge in [-0.25, -0.2) is 8.78 Å². The van der Waals surface area contributed by atoms with E-state index in [1.165, 1.54) is 6.92 Å². The van der Waals surface area contributed by atoms with Crippen LogP contribution in [0.5, 0.6) is 0 Å². The van der Waals surface area contributed by atoms with Crippen LogP contribution in [-0.4, -0.2) is 4.92 Å². The van der Waals surface area contributed by atoms with Crippen LogP contribution in [-0.2, 0) is 5.41 Å². The molecule has 1 aromatic rings. The van der Waals surface area contributed by atoms with Gasteiger partial charge in [-0.05, 0) is 13.0 Å². The Morgan fingerprint density at radius 2 is 2.07 bits per heavy atom. The summed E-state index contributed by atoms with van der Waals surface area (Å²) in [5.41, 5.74) is -0.527. The van der Waals surface area contributed by atoms with E-state index in [4.69, 9.17) is 0 Å². The van der Waals surface area contributed by atoms with Crippen molar-refractivity contribution in [2.45, 2.75) is 12.3 Å². The predicted molar refractivity (Wildman–Crippen MR) is 51.2 cm³/mol. The second-order valence-electron chi connectivity index (χ2n) is 3.03. The van der Waals surface area contributed by atoms with Crippen molar-refractivity contribution in [1.29, 1.82) is 0 Å². The zero-order valence-electron chi connectivity index (χ0n) is 7.33. The van der Waals surface area contributed by atoms with Gasteiger partial charge in [-0.1, -0.05) is 9.24 Å². The molecule has 0 fully saturated rings. The zero-order chi connectivity index (χ0) is 10.9. The molecule has 0 aliphatic heterocycles. The lowest BCUT2D eigenvalue weighted by atomic mass is 10.1. The van der Waals surface area contributed by atoms with Crippen LogP contribution in [0.15, 0.2) is 18.2 Å². The molecule has 1 aromatic carbocycles. The fraction of sp³-hybridized carbons (Fsp3) is 0.250. The first kappa shape index (κ1) is 11.0. The number of nitro groups is 1. The first-order valence-corrected chi connectivity index (χ1v) is 4.31. The zero-order valence-corrected chi connectivity index (χ0v) is 8.48. The molecule has 3 nitrogen and oxygen atoms in total. The van der Waals surface area contributed by atoms with E-state index in [-0.39, 0.29) is 5.56 Å². The minimum Gasteiger partial charge on any atom is -0.258 e. The Balaban J connectivity index is 3.28. The number of rotatable bonds is 2. The van der Waals surface area contributed by atoms with E-state index in [9.17, 15) is 18.9 Å². The summed E-state index contributed by atoms with van der Waals surface area (Å²) in [6.45, 7) is 1.18. The maximum Gasteiger partial charge on any atom is 0.272 e. The van der Waals surface area contributed by atoms with Crippen molar-refractivity contribution < 1.29 is 13.7 Å². The molecule has 0 aliphatic carbocycles. The molecular weight excluding hydrogens is 211 g/mol. The molecule has 2 atom stereocenters. The Kier molecular flexibility index (Phi) is 2.81. The molecule has 0 bridgehead atoms. The molecule has 0 radical (unpaired) electrons. The molecule has 0 saturated heterocycles. The third-order valence-electron chi connectivity index (χ3n) is 1.66. The summed E-state index contributed by atoms with van der Waals surface area (Å²) >= 11 is 0. The predicted octanol–water partition coefficient (Wildman–Crippen LogP) is 2.75. The van der Waals surface area contributed by atoms with Crippen LogP contribution in [0.3, 0.4) is 0 Å². The van der Waals surface area contributed by atoms with E-state index >= 15 is 0 Å². The molecule has 6 heteroatoms. The van der Waals surface area contributed by atoms with E-state index in [0.29, 0.717) is 0 Å². The van der Waals surface area contributed by atoms with Crippen molar-refractivity contribution in [3.05, 3.63) is 39.7 Å². The van der Waals surface area contributed by atoms with Gasteiger partial charge in [0.2, 0.25) is 0 Å². The van der Waals surface area contributed by atoms with Gasteiger partial charge < -0.3 is 0 Å². The van der Waals surface area contributed by atoms with Crippen LogP contribution >= 0.6 is 9.24 Å². The van der Waals surface area contributed by atoms with E-state index < -0.39 is 21.8 Å². The van der Waals surface area contributed by atoms with Crippen molar-refractivity contribution >= 4 is 14.9 Å². The summed E-state index contributed by atoms with van der Waals surface area (Å²) in [5.74, 6) is -0.819. The Morgan fingerprint density at radius 3 is 2.50 bits per heavy atom. The summed E-state index contributed by atoms with van der Waals surface area (Å²) in [5, 5.41) is 8.47. The highest BCUT2D eigenvalue weighted by Crippen LogP contribution is 2.34. The van der Waals surface area contributed by atoms with Gasteiger partial charge >= 0.3 is 0 Å². The molecule has 0 heterocycles. The summed E-state index contributed by atoms with van der Waals surface area (Å²) in [4.78, 5) is 9.58. The number of hydrogen-bond donors (Lipinski definition) is 0. The molecule has 0 spiro atoms. The standard InChI is InChI=1S/C8H8F2NO2P/c1-8(10,14)5-2-6(9)4-7(3-5)11(12)13/h2-4H,14H2,1H3. The maximum atomic E-state index is 13.3. The van der Waals surface area contributed by atoms with E-state index in [2.05, 4.69) is 0 Å². The molecule has 14 heavy (non-hydrogen) atoms. The quantitative estimate of drug-likeness (QED) is 0.436. The van der Waals surface area contributed by atoms with E-state index in [0.717, 1.165) is 18.2 Å². The van der Waals surface area contributed by atoms with Crippen molar-refractivity contribution in [2.24, 2.45) is 0 Å². The lowest BCUT2D eigenvalue weighted by Gasteiger charge is -2.13. The first-order valence-electron chi connectivity index (χ1n) is 3.74. The Morgan fingerprint density at radius 1 is 1.50 bits per heavy atom. The highest BCUT2D eigenvalue weighted by Gasteiger charge is 2.22. The normalized spacial score (nSPS) is 14.9. The number of halogens is 2. The number of benzene rings is 1. The minimum atomic E-state index is -1.87. The highest BCUT2D eigenvalue weighted by atomic mass is 31.0. The lowest BCUT2D eigenvalue weighted by molar-refractivity contribution is -0.385. The Hall–Kier alpha value is -1.09.